The molecule has 0 saturated heterocycles. The van der Waals surface area contributed by atoms with Gasteiger partial charge in [0.2, 0.25) is 0 Å². The smallest absolute Gasteiger partial charge is 0.180 e. The molecule has 0 aliphatic heterocycles. The van der Waals surface area contributed by atoms with Crippen LogP contribution in [0.15, 0.2) is 60.7 Å². The van der Waals surface area contributed by atoms with Crippen molar-refractivity contribution in [3.05, 3.63) is 60.7 Å². The number of hydrogen-bond acceptors (Lipinski definition) is 1. The van der Waals surface area contributed by atoms with Gasteiger partial charge < -0.3 is 4.90 Å². The topological polar surface area (TPSA) is 6.48 Å². The molecule has 0 heterocycles. The zero-order valence-corrected chi connectivity index (χ0v) is 12.8. The van der Waals surface area contributed by atoms with Gasteiger partial charge >= 0.3 is 0 Å². The van der Waals surface area contributed by atoms with Crippen molar-refractivity contribution in [3.63, 3.8) is 0 Å². The molecular formula is C17H20N2S. The number of para-hydroxylation sites is 2. The molecule has 0 aromatic heterocycles. The highest BCUT2D eigenvalue weighted by molar-refractivity contribution is 7.80. The molecule has 2 aromatic carbocycles. The molecule has 0 aliphatic rings. The Balaban J connectivity index is 2.43. The van der Waals surface area contributed by atoms with E-state index in [2.05, 4.69) is 47.9 Å². The molecule has 104 valence electrons. The minimum atomic E-state index is 0.840. The van der Waals surface area contributed by atoms with E-state index < -0.39 is 0 Å². The third-order valence-corrected chi connectivity index (χ3v) is 3.69. The van der Waals surface area contributed by atoms with Crippen molar-refractivity contribution in [1.82, 2.24) is 4.90 Å². The third-order valence-electron chi connectivity index (χ3n) is 3.25. The zero-order chi connectivity index (χ0) is 14.4. The molecule has 0 fully saturated rings. The Morgan fingerprint density at radius 2 is 1.20 bits per heavy atom. The van der Waals surface area contributed by atoms with Crippen LogP contribution in [-0.2, 0) is 0 Å². The normalized spacial score (nSPS) is 10.1. The fourth-order valence-electron chi connectivity index (χ4n) is 2.16. The van der Waals surface area contributed by atoms with Gasteiger partial charge in [-0.1, -0.05) is 36.4 Å². The molecule has 0 unspecified atom stereocenters. The number of hydrogen-bond donors (Lipinski definition) is 0. The Labute approximate surface area is 126 Å². The first-order chi connectivity index (χ1) is 9.77. The Kier molecular flexibility index (Phi) is 5.13. The van der Waals surface area contributed by atoms with Crippen LogP contribution >= 0.6 is 12.2 Å². The summed E-state index contributed by atoms with van der Waals surface area (Å²) < 4.78 is 0. The van der Waals surface area contributed by atoms with Crippen LogP contribution < -0.4 is 4.90 Å². The first-order valence-electron chi connectivity index (χ1n) is 6.97. The Bertz CT molecular complexity index is 496. The van der Waals surface area contributed by atoms with Gasteiger partial charge in [-0.2, -0.15) is 0 Å². The van der Waals surface area contributed by atoms with Crippen LogP contribution in [-0.4, -0.2) is 23.1 Å². The van der Waals surface area contributed by atoms with E-state index in [4.69, 9.17) is 12.2 Å². The van der Waals surface area contributed by atoms with Gasteiger partial charge in [0.15, 0.2) is 5.11 Å². The van der Waals surface area contributed by atoms with Crippen LogP contribution in [0.25, 0.3) is 0 Å². The predicted octanol–water partition coefficient (Wildman–Crippen LogP) is 4.45. The molecule has 0 bridgehead atoms. The summed E-state index contributed by atoms with van der Waals surface area (Å²) in [6, 6.07) is 20.5. The lowest BCUT2D eigenvalue weighted by atomic mass is 10.2. The van der Waals surface area contributed by atoms with Crippen molar-refractivity contribution < 1.29 is 0 Å². The summed E-state index contributed by atoms with van der Waals surface area (Å²) in [7, 11) is 0. The number of nitrogens with zero attached hydrogens (tertiary/aromatic N) is 2. The van der Waals surface area contributed by atoms with Gasteiger partial charge in [0.1, 0.15) is 0 Å². The van der Waals surface area contributed by atoms with Gasteiger partial charge in [0.25, 0.3) is 0 Å². The second-order valence-electron chi connectivity index (χ2n) is 4.46. The van der Waals surface area contributed by atoms with E-state index in [1.165, 1.54) is 0 Å². The lowest BCUT2D eigenvalue weighted by molar-refractivity contribution is 0.468. The van der Waals surface area contributed by atoms with Crippen LogP contribution in [0.2, 0.25) is 0 Å². The highest BCUT2D eigenvalue weighted by Gasteiger charge is 2.17. The summed E-state index contributed by atoms with van der Waals surface area (Å²) >= 11 is 5.71. The number of rotatable bonds is 4. The van der Waals surface area contributed by atoms with Crippen LogP contribution in [0.1, 0.15) is 13.8 Å². The van der Waals surface area contributed by atoms with Gasteiger partial charge in [-0.15, -0.1) is 0 Å². The summed E-state index contributed by atoms with van der Waals surface area (Å²) in [6.07, 6.45) is 0. The first-order valence-corrected chi connectivity index (χ1v) is 7.37. The molecule has 0 spiro atoms. The maximum absolute atomic E-state index is 5.71. The number of anilines is 2. The molecule has 0 radical (unpaired) electrons. The van der Waals surface area contributed by atoms with Crippen molar-refractivity contribution in [2.75, 3.05) is 18.0 Å². The highest BCUT2D eigenvalue weighted by Crippen LogP contribution is 2.26. The average molecular weight is 284 g/mol. The Hall–Kier alpha value is -1.87. The fraction of sp³-hybridized carbons (Fsp3) is 0.235. The van der Waals surface area contributed by atoms with E-state index in [9.17, 15) is 0 Å². The second-order valence-corrected chi connectivity index (χ2v) is 4.83. The molecule has 0 aliphatic carbocycles. The number of benzene rings is 2. The molecular weight excluding hydrogens is 264 g/mol. The van der Waals surface area contributed by atoms with Crippen LogP contribution in [0.5, 0.6) is 0 Å². The summed E-state index contributed by atoms with van der Waals surface area (Å²) in [4.78, 5) is 4.32. The summed E-state index contributed by atoms with van der Waals surface area (Å²) in [6.45, 7) is 6.07. The minimum Gasteiger partial charge on any atom is -0.349 e. The van der Waals surface area contributed by atoms with Gasteiger partial charge in [-0.25, -0.2) is 0 Å². The van der Waals surface area contributed by atoms with Gasteiger partial charge in [-0.05, 0) is 50.3 Å². The maximum atomic E-state index is 5.71. The van der Waals surface area contributed by atoms with E-state index in [1.807, 2.05) is 36.4 Å². The van der Waals surface area contributed by atoms with Crippen molar-refractivity contribution in [2.24, 2.45) is 0 Å². The molecule has 2 nitrogen and oxygen atoms in total. The molecule has 0 amide bonds. The molecule has 20 heavy (non-hydrogen) atoms. The Morgan fingerprint density at radius 3 is 1.55 bits per heavy atom. The van der Waals surface area contributed by atoms with Crippen LogP contribution in [0.3, 0.4) is 0 Å². The SMILES string of the molecule is CCN(CC)C(=S)N(c1ccccc1)c1ccccc1. The van der Waals surface area contributed by atoms with E-state index in [1.54, 1.807) is 0 Å². The van der Waals surface area contributed by atoms with Crippen molar-refractivity contribution >= 4 is 28.7 Å². The van der Waals surface area contributed by atoms with E-state index >= 15 is 0 Å². The largest absolute Gasteiger partial charge is 0.349 e. The van der Waals surface area contributed by atoms with E-state index in [0.29, 0.717) is 0 Å². The molecule has 0 saturated carbocycles. The van der Waals surface area contributed by atoms with Crippen molar-refractivity contribution in [2.45, 2.75) is 13.8 Å². The highest BCUT2D eigenvalue weighted by atomic mass is 32.1. The molecule has 2 rings (SSSR count). The monoisotopic (exact) mass is 284 g/mol. The third kappa shape index (κ3) is 3.17. The first kappa shape index (κ1) is 14.5. The summed E-state index contributed by atoms with van der Waals surface area (Å²) in [5, 5.41) is 0.840. The standard InChI is InChI=1S/C17H20N2S/c1-3-18(4-2)17(20)19(15-11-7-5-8-12-15)16-13-9-6-10-14-16/h5-14H,3-4H2,1-2H3. The quantitative estimate of drug-likeness (QED) is 0.766. The maximum Gasteiger partial charge on any atom is 0.180 e. The second kappa shape index (κ2) is 7.06. The van der Waals surface area contributed by atoms with Crippen LogP contribution in [0.4, 0.5) is 11.4 Å². The Morgan fingerprint density at radius 1 is 0.800 bits per heavy atom. The van der Waals surface area contributed by atoms with Gasteiger partial charge in [0, 0.05) is 24.5 Å². The van der Waals surface area contributed by atoms with E-state index in [-0.39, 0.29) is 0 Å². The fourth-order valence-corrected chi connectivity index (χ4v) is 2.63. The summed E-state index contributed by atoms with van der Waals surface area (Å²) in [5.74, 6) is 0. The van der Waals surface area contributed by atoms with Crippen molar-refractivity contribution in [1.29, 1.82) is 0 Å². The average Bonchev–Trinajstić information content (AvgIpc) is 2.51. The summed E-state index contributed by atoms with van der Waals surface area (Å²) in [5.41, 5.74) is 2.19. The molecule has 0 atom stereocenters. The van der Waals surface area contributed by atoms with E-state index in [0.717, 1.165) is 29.6 Å². The van der Waals surface area contributed by atoms with Crippen molar-refractivity contribution in [3.8, 4) is 0 Å². The van der Waals surface area contributed by atoms with Gasteiger partial charge in [0.05, 0.1) is 0 Å². The lowest BCUT2D eigenvalue weighted by Crippen LogP contribution is -2.40. The molecule has 0 N–H and O–H groups in total. The number of thiocarbonyl (C=S) groups is 1. The predicted molar refractivity (Wildman–Crippen MR) is 90.5 cm³/mol. The van der Waals surface area contributed by atoms with Crippen LogP contribution in [0, 0.1) is 0 Å². The zero-order valence-electron chi connectivity index (χ0n) is 12.0. The van der Waals surface area contributed by atoms with Gasteiger partial charge in [-0.3, -0.25) is 4.90 Å². The lowest BCUT2D eigenvalue weighted by Gasteiger charge is -2.32. The minimum absolute atomic E-state index is 0.840. The molecule has 3 heteroatoms. The molecule has 2 aromatic rings.